The predicted molar refractivity (Wildman–Crippen MR) is 274 cm³/mol. The van der Waals surface area contributed by atoms with E-state index < -0.39 is 105 Å². The predicted octanol–water partition coefficient (Wildman–Crippen LogP) is 2.89. The van der Waals surface area contributed by atoms with Gasteiger partial charge in [-0.15, -0.1) is 0 Å². The lowest BCUT2D eigenvalue weighted by molar-refractivity contribution is -0.340. The van der Waals surface area contributed by atoms with Crippen LogP contribution in [0.1, 0.15) is 143 Å². The molecule has 6 aliphatic carbocycles. The first kappa shape index (κ1) is 56.1. The van der Waals surface area contributed by atoms with Gasteiger partial charge in [0.2, 0.25) is 5.91 Å². The molecule has 8 aliphatic rings. The Morgan fingerprint density at radius 1 is 0.932 bits per heavy atom. The number of carboxylic acids is 1. The van der Waals surface area contributed by atoms with Gasteiger partial charge in [0.1, 0.15) is 24.5 Å². The molecule has 1 aromatic heterocycles. The van der Waals surface area contributed by atoms with Crippen LogP contribution in [0.5, 0.6) is 0 Å². The summed E-state index contributed by atoms with van der Waals surface area (Å²) >= 11 is 0. The number of H-pyrrole nitrogens is 1. The van der Waals surface area contributed by atoms with Crippen LogP contribution >= 0.6 is 0 Å². The van der Waals surface area contributed by atoms with Gasteiger partial charge >= 0.3 is 5.97 Å². The average Bonchev–Trinajstić information content (AvgIpc) is 4.15. The summed E-state index contributed by atoms with van der Waals surface area (Å²) in [5.41, 5.74) is 3.55. The molecule has 18 heteroatoms. The lowest BCUT2D eigenvalue weighted by Crippen LogP contribution is -2.72. The van der Waals surface area contributed by atoms with E-state index in [4.69, 9.17) is 15.2 Å². The normalized spacial score (nSPS) is 45.9. The van der Waals surface area contributed by atoms with Crippen LogP contribution in [-0.4, -0.2) is 158 Å². The van der Waals surface area contributed by atoms with E-state index in [2.05, 4.69) is 59.7 Å². The number of aromatic nitrogens is 2. The molecule has 5 saturated carbocycles. The smallest absolute Gasteiger partial charge is 0.310 e. The SMILES string of the molecule is CCNCCNC[C@H](C[C@@H](c1cnc[nH]1)[C@H]1NC(=O)C2(CCCC2)[C@@H]1C[C@H]1[C@@H](O)[C@@H](O[C@@H]2OC[C@@H](O)[C@H](O)[C@H]2O)[C@@](C)(CO)[C@H]2CC[C@]3(C)[C@H](CC=C4[C@@H]5C[C@@](C)(CO)CC[C@]5(C(=O)O)CC[C@]43C)[C@]21C)[C@@H](N)O. The summed E-state index contributed by atoms with van der Waals surface area (Å²) in [6.07, 6.45) is 4.95. The largest absolute Gasteiger partial charge is 0.481 e. The molecule has 14 N–H and O–H groups in total. The number of amides is 1. The topological polar surface area (TPSA) is 305 Å². The van der Waals surface area contributed by atoms with Crippen molar-refractivity contribution in [2.75, 3.05) is 46.0 Å². The second-order valence-corrected chi connectivity index (χ2v) is 26.3. The fourth-order valence-electron chi connectivity index (χ4n) is 18.3. The molecular formula is C56H92N6O12. The van der Waals surface area contributed by atoms with Gasteiger partial charge in [-0.2, -0.15) is 0 Å². The van der Waals surface area contributed by atoms with Crippen LogP contribution in [0.3, 0.4) is 0 Å². The molecule has 1 spiro atoms. The van der Waals surface area contributed by atoms with E-state index in [0.717, 1.165) is 38.0 Å². The number of imidazole rings is 1. The number of aliphatic hydroxyl groups is 7. The number of carboxylic acid groups (broad SMARTS) is 1. The number of rotatable bonds is 18. The Hall–Kier alpha value is -2.59. The highest BCUT2D eigenvalue weighted by Gasteiger charge is 2.74. The number of aliphatic carboxylic acids is 1. The van der Waals surface area contributed by atoms with Crippen LogP contribution in [0.25, 0.3) is 0 Å². The molecule has 2 aliphatic heterocycles. The number of carbonyl (C=O) groups excluding carboxylic acids is 1. The molecule has 18 nitrogen and oxygen atoms in total. The molecule has 9 rings (SSSR count). The molecule has 3 heterocycles. The molecular weight excluding hydrogens is 949 g/mol. The molecule has 0 bridgehead atoms. The number of hydrogen-bond donors (Lipinski definition) is 13. The molecule has 1 amide bonds. The van der Waals surface area contributed by atoms with E-state index in [1.807, 2.05) is 13.8 Å². The first-order valence-electron chi connectivity index (χ1n) is 28.3. The van der Waals surface area contributed by atoms with Crippen molar-refractivity contribution in [1.29, 1.82) is 0 Å². The molecule has 0 aromatic carbocycles. The van der Waals surface area contributed by atoms with E-state index in [9.17, 15) is 45.6 Å². The lowest BCUT2D eigenvalue weighted by Gasteiger charge is -2.73. The van der Waals surface area contributed by atoms with Crippen molar-refractivity contribution in [1.82, 2.24) is 25.9 Å². The molecule has 7 fully saturated rings. The highest BCUT2D eigenvalue weighted by atomic mass is 16.7. The van der Waals surface area contributed by atoms with Crippen molar-refractivity contribution in [3.05, 3.63) is 29.9 Å². The Balaban J connectivity index is 1.17. The fourth-order valence-corrected chi connectivity index (χ4v) is 18.3. The van der Waals surface area contributed by atoms with Gasteiger partial charge in [0.25, 0.3) is 0 Å². The first-order chi connectivity index (χ1) is 35.1. The van der Waals surface area contributed by atoms with E-state index in [0.29, 0.717) is 83.7 Å². The summed E-state index contributed by atoms with van der Waals surface area (Å²) in [6.45, 7) is 15.1. The molecule has 0 radical (unpaired) electrons. The van der Waals surface area contributed by atoms with Gasteiger partial charge in [0, 0.05) is 61.4 Å². The first-order valence-corrected chi connectivity index (χ1v) is 28.3. The minimum Gasteiger partial charge on any atom is -0.481 e. The van der Waals surface area contributed by atoms with Crippen molar-refractivity contribution in [2.24, 2.45) is 79.1 Å². The van der Waals surface area contributed by atoms with Crippen LogP contribution in [0.2, 0.25) is 0 Å². The summed E-state index contributed by atoms with van der Waals surface area (Å²) in [5.74, 6) is -3.09. The molecule has 418 valence electrons. The molecule has 74 heavy (non-hydrogen) atoms. The maximum absolute atomic E-state index is 15.1. The Kier molecular flexibility index (Phi) is 15.9. The number of ether oxygens (including phenoxy) is 2. The second kappa shape index (κ2) is 20.9. The zero-order valence-electron chi connectivity index (χ0n) is 45.0. The summed E-state index contributed by atoms with van der Waals surface area (Å²) in [4.78, 5) is 36.5. The average molecular weight is 1040 g/mol. The van der Waals surface area contributed by atoms with E-state index in [1.165, 1.54) is 5.57 Å². The summed E-state index contributed by atoms with van der Waals surface area (Å²) in [6, 6.07) is -0.469. The maximum atomic E-state index is 15.1. The minimum atomic E-state index is -1.64. The van der Waals surface area contributed by atoms with E-state index in [-0.39, 0.29) is 55.3 Å². The van der Waals surface area contributed by atoms with Gasteiger partial charge < -0.3 is 77.0 Å². The Bertz CT molecular complexity index is 2180. The van der Waals surface area contributed by atoms with E-state index in [1.54, 1.807) is 12.5 Å². The number of nitrogens with zero attached hydrogens (tertiary/aromatic N) is 1. The van der Waals surface area contributed by atoms with Crippen LogP contribution < -0.4 is 21.7 Å². The van der Waals surface area contributed by atoms with Crippen molar-refractivity contribution in [2.45, 2.75) is 186 Å². The van der Waals surface area contributed by atoms with Crippen molar-refractivity contribution < 1.29 is 59.9 Å². The van der Waals surface area contributed by atoms with Crippen molar-refractivity contribution in [3.8, 4) is 0 Å². The highest BCUT2D eigenvalue weighted by Crippen LogP contribution is 2.77. The van der Waals surface area contributed by atoms with Crippen LogP contribution in [0, 0.1) is 73.4 Å². The Labute approximate surface area is 437 Å². The van der Waals surface area contributed by atoms with Gasteiger partial charge in [-0.1, -0.05) is 66.0 Å². The molecule has 0 unspecified atom stereocenters. The number of nitrogens with one attached hydrogen (secondary N) is 4. The zero-order chi connectivity index (χ0) is 53.4. The number of aromatic amines is 1. The highest BCUT2D eigenvalue weighted by molar-refractivity contribution is 5.86. The number of nitrogens with two attached hydrogens (primary N) is 1. The summed E-state index contributed by atoms with van der Waals surface area (Å²) in [7, 11) is 0. The number of carbonyl (C=O) groups is 2. The minimum absolute atomic E-state index is 0.0167. The summed E-state index contributed by atoms with van der Waals surface area (Å²) < 4.78 is 12.7. The third kappa shape index (κ3) is 8.77. The third-order valence-corrected chi connectivity index (χ3v) is 23.0. The quantitative estimate of drug-likeness (QED) is 0.0435. The van der Waals surface area contributed by atoms with Gasteiger partial charge in [0.05, 0.1) is 42.6 Å². The van der Waals surface area contributed by atoms with Gasteiger partial charge in [0.15, 0.2) is 6.29 Å². The van der Waals surface area contributed by atoms with Gasteiger partial charge in [-0.25, -0.2) is 4.98 Å². The van der Waals surface area contributed by atoms with Gasteiger partial charge in [-0.05, 0) is 135 Å². The molecule has 2 saturated heterocycles. The van der Waals surface area contributed by atoms with Crippen LogP contribution in [0.4, 0.5) is 0 Å². The van der Waals surface area contributed by atoms with Crippen LogP contribution in [0.15, 0.2) is 24.2 Å². The standard InChI is InChI=1S/C56H92N6O12/c1-7-58-20-21-59-25-31(46(57)69)22-32(37-26-60-30-61-37)41-34(55(48(70)62-41)13-8-9-14-55)23-35-42(66)45(74-47-44(68)43(67)38(65)27-73-47)51(3,29-64)39-12-15-53(5)40(54(35,39)6)11-10-33-36-24-50(2,28-63)16-18-56(36,49(71)72)19-17-52(33,53)4/h10,26,30-32,34-36,38-47,58-59,63-69H,7-9,11-25,27-29,57H2,1-6H3,(H,60,61)(H,62,70)(H,71,72)/t31-,32-,34+,35-,36-,38+,39+,40-,41+,42+,43-,44+,45+,46-,47-,50-,51-,52+,53+,54-,56-/m0/s1. The third-order valence-electron chi connectivity index (χ3n) is 23.0. The number of hydrogen-bond acceptors (Lipinski definition) is 15. The fraction of sp³-hybridized carbons (Fsp3) is 0.875. The number of likely N-dealkylation sites (N-methyl/N-ethyl adjacent to an activating group) is 1. The van der Waals surface area contributed by atoms with Crippen LogP contribution in [-0.2, 0) is 19.1 Å². The van der Waals surface area contributed by atoms with Crippen molar-refractivity contribution in [3.63, 3.8) is 0 Å². The maximum Gasteiger partial charge on any atom is 0.310 e. The second-order valence-electron chi connectivity index (χ2n) is 26.3. The van der Waals surface area contributed by atoms with Gasteiger partial charge in [-0.3, -0.25) is 9.59 Å². The summed E-state index contributed by atoms with van der Waals surface area (Å²) in [5, 5.41) is 102. The van der Waals surface area contributed by atoms with E-state index >= 15 is 4.79 Å². The lowest BCUT2D eigenvalue weighted by atomic mass is 9.31. The molecule has 1 aromatic rings. The Morgan fingerprint density at radius 2 is 1.65 bits per heavy atom. The molecule has 21 atom stereocenters. The van der Waals surface area contributed by atoms with Crippen molar-refractivity contribution >= 4 is 11.9 Å². The number of fused-ring (bicyclic) bond motifs is 7. The monoisotopic (exact) mass is 1040 g/mol. The zero-order valence-corrected chi connectivity index (χ0v) is 45.0. The number of aliphatic hydroxyl groups excluding tert-OH is 7. The number of allylic oxidation sites excluding steroid dienone is 2. The Morgan fingerprint density at radius 3 is 2.30 bits per heavy atom.